The average Bonchev–Trinajstić information content (AvgIpc) is 2.74. The van der Waals surface area contributed by atoms with Crippen molar-refractivity contribution in [3.05, 3.63) is 83.9 Å². The summed E-state index contributed by atoms with van der Waals surface area (Å²) in [6.45, 7) is 5.42. The van der Waals surface area contributed by atoms with Crippen molar-refractivity contribution >= 4 is 35.0 Å². The second kappa shape index (κ2) is 9.23. The Hall–Kier alpha value is -3.31. The molecule has 0 bridgehead atoms. The number of carbonyl (C=O) groups excluding carboxylic acids is 1. The Labute approximate surface area is 187 Å². The number of alkyl halides is 1. The van der Waals surface area contributed by atoms with E-state index in [1.165, 1.54) is 4.90 Å². The fraction of sp³-hybridized carbons (Fsp3) is 0.200. The first-order valence-corrected chi connectivity index (χ1v) is 10.4. The molecule has 3 aromatic carbocycles. The molecule has 0 heterocycles. The van der Waals surface area contributed by atoms with Crippen LogP contribution in [0.2, 0.25) is 0 Å². The third-order valence-corrected chi connectivity index (χ3v) is 5.13. The van der Waals surface area contributed by atoms with Gasteiger partial charge in [0.1, 0.15) is 0 Å². The van der Waals surface area contributed by atoms with Crippen LogP contribution in [0, 0.1) is 0 Å². The van der Waals surface area contributed by atoms with Crippen LogP contribution in [0.25, 0.3) is 11.1 Å². The van der Waals surface area contributed by atoms with Gasteiger partial charge in [0.05, 0.1) is 11.4 Å². The van der Waals surface area contributed by atoms with E-state index in [1.54, 1.807) is 36.4 Å². The van der Waals surface area contributed by atoms with E-state index in [1.807, 2.05) is 57.2 Å². The van der Waals surface area contributed by atoms with Crippen molar-refractivity contribution in [1.82, 2.24) is 0 Å². The molecule has 0 aliphatic rings. The number of hydrogen-bond donors (Lipinski definition) is 2. The average molecular weight is 437 g/mol. The lowest BCUT2D eigenvalue weighted by molar-refractivity contribution is 0.102. The molecule has 0 atom stereocenters. The minimum atomic E-state index is -1.10. The van der Waals surface area contributed by atoms with Crippen molar-refractivity contribution in [2.45, 2.75) is 32.2 Å². The maximum atomic E-state index is 12.9. The molecule has 3 aromatic rings. The van der Waals surface area contributed by atoms with Crippen molar-refractivity contribution in [2.24, 2.45) is 0 Å². The number of benzene rings is 3. The zero-order valence-electron chi connectivity index (χ0n) is 17.7. The highest BCUT2D eigenvalue weighted by Crippen LogP contribution is 2.35. The number of hydrogen-bond acceptors (Lipinski definition) is 2. The Bertz CT molecular complexity index is 1070. The summed E-state index contributed by atoms with van der Waals surface area (Å²) < 4.78 is 0. The van der Waals surface area contributed by atoms with E-state index < -0.39 is 11.6 Å². The van der Waals surface area contributed by atoms with E-state index in [0.717, 1.165) is 16.7 Å². The van der Waals surface area contributed by atoms with Gasteiger partial charge in [-0.15, -0.1) is 11.6 Å². The molecule has 3 rings (SSSR count). The maximum absolute atomic E-state index is 12.9. The Morgan fingerprint density at radius 1 is 0.935 bits per heavy atom. The molecule has 0 spiro atoms. The number of carboxylic acid groups (broad SMARTS) is 1. The third kappa shape index (κ3) is 5.25. The van der Waals surface area contributed by atoms with Crippen molar-refractivity contribution in [3.8, 4) is 11.1 Å². The van der Waals surface area contributed by atoms with Gasteiger partial charge >= 0.3 is 6.09 Å². The molecule has 0 saturated carbocycles. The van der Waals surface area contributed by atoms with Gasteiger partial charge in [-0.1, -0.05) is 48.5 Å². The Kier molecular flexibility index (Phi) is 6.66. The van der Waals surface area contributed by atoms with E-state index in [2.05, 4.69) is 5.32 Å². The Balaban J connectivity index is 2.06. The van der Waals surface area contributed by atoms with Crippen LogP contribution in [-0.2, 0) is 5.88 Å². The van der Waals surface area contributed by atoms with Crippen molar-refractivity contribution in [1.29, 1.82) is 0 Å². The molecule has 5 nitrogen and oxygen atoms in total. The predicted octanol–water partition coefficient (Wildman–Crippen LogP) is 6.63. The molecule has 160 valence electrons. The molecule has 2 N–H and O–H groups in total. The van der Waals surface area contributed by atoms with Crippen LogP contribution in [0.5, 0.6) is 0 Å². The monoisotopic (exact) mass is 436 g/mol. The fourth-order valence-corrected chi connectivity index (χ4v) is 3.51. The summed E-state index contributed by atoms with van der Waals surface area (Å²) in [5.41, 5.74) is 3.33. The second-order valence-corrected chi connectivity index (χ2v) is 8.44. The molecule has 0 aromatic heterocycles. The summed E-state index contributed by atoms with van der Waals surface area (Å²) >= 11 is 5.83. The van der Waals surface area contributed by atoms with Crippen molar-refractivity contribution < 1.29 is 14.7 Å². The predicted molar refractivity (Wildman–Crippen MR) is 126 cm³/mol. The number of anilines is 2. The molecular weight excluding hydrogens is 412 g/mol. The van der Waals surface area contributed by atoms with Crippen LogP contribution >= 0.6 is 11.6 Å². The first-order chi connectivity index (χ1) is 14.7. The quantitative estimate of drug-likeness (QED) is 0.441. The summed E-state index contributed by atoms with van der Waals surface area (Å²) in [5, 5.41) is 12.8. The second-order valence-electron chi connectivity index (χ2n) is 8.17. The lowest BCUT2D eigenvalue weighted by atomic mass is 10.0. The van der Waals surface area contributed by atoms with Crippen LogP contribution in [0.3, 0.4) is 0 Å². The molecule has 0 radical (unpaired) electrons. The van der Waals surface area contributed by atoms with Crippen molar-refractivity contribution in [2.75, 3.05) is 10.2 Å². The zero-order valence-corrected chi connectivity index (χ0v) is 18.5. The van der Waals surface area contributed by atoms with Gasteiger partial charge in [0, 0.05) is 17.0 Å². The molecule has 0 fully saturated rings. The molecule has 0 unspecified atom stereocenters. The molecule has 6 heteroatoms. The smallest absolute Gasteiger partial charge is 0.412 e. The third-order valence-electron chi connectivity index (χ3n) is 4.83. The van der Waals surface area contributed by atoms with Gasteiger partial charge in [-0.3, -0.25) is 9.69 Å². The highest BCUT2D eigenvalue weighted by molar-refractivity contribution is 6.17. The molecule has 2 amide bonds. The number of carbonyl (C=O) groups is 2. The summed E-state index contributed by atoms with van der Waals surface area (Å²) in [4.78, 5) is 26.3. The molecule has 0 aliphatic carbocycles. The summed E-state index contributed by atoms with van der Waals surface area (Å²) in [7, 11) is 0. The lowest BCUT2D eigenvalue weighted by Crippen LogP contribution is -2.45. The zero-order chi connectivity index (χ0) is 22.6. The number of rotatable bonds is 5. The highest BCUT2D eigenvalue weighted by Gasteiger charge is 2.30. The first-order valence-electron chi connectivity index (χ1n) is 9.89. The van der Waals surface area contributed by atoms with Crippen LogP contribution in [0.4, 0.5) is 16.2 Å². The summed E-state index contributed by atoms with van der Waals surface area (Å²) in [6.07, 6.45) is -1.10. The van der Waals surface area contributed by atoms with Crippen LogP contribution in [0.1, 0.15) is 36.7 Å². The largest absolute Gasteiger partial charge is 0.465 e. The van der Waals surface area contributed by atoms with Gasteiger partial charge in [-0.05, 0) is 61.7 Å². The number of nitrogens with zero attached hydrogens (tertiary/aromatic N) is 1. The van der Waals surface area contributed by atoms with E-state index >= 15 is 0 Å². The van der Waals surface area contributed by atoms with E-state index in [0.29, 0.717) is 22.8 Å². The minimum absolute atomic E-state index is 0.327. The number of nitrogens with one attached hydrogen (secondary N) is 1. The normalized spacial score (nSPS) is 11.1. The van der Waals surface area contributed by atoms with E-state index in [9.17, 15) is 14.7 Å². The van der Waals surface area contributed by atoms with Crippen LogP contribution < -0.4 is 10.2 Å². The lowest BCUT2D eigenvalue weighted by Gasteiger charge is -2.34. The highest BCUT2D eigenvalue weighted by atomic mass is 35.5. The van der Waals surface area contributed by atoms with Gasteiger partial charge in [0.2, 0.25) is 0 Å². The summed E-state index contributed by atoms with van der Waals surface area (Å²) in [6, 6.07) is 22.1. The minimum Gasteiger partial charge on any atom is -0.465 e. The molecule has 31 heavy (non-hydrogen) atoms. The van der Waals surface area contributed by atoms with Gasteiger partial charge in [-0.2, -0.15) is 0 Å². The van der Waals surface area contributed by atoms with Gasteiger partial charge in [-0.25, -0.2) is 4.79 Å². The SMILES string of the molecule is CC(C)(C)N(C(=O)O)c1ccc(-c2ccccc2)cc1NC(=O)c1ccc(CCl)cc1. The van der Waals surface area contributed by atoms with Crippen LogP contribution in [0.15, 0.2) is 72.8 Å². The Morgan fingerprint density at radius 3 is 2.13 bits per heavy atom. The first kappa shape index (κ1) is 22.4. The van der Waals surface area contributed by atoms with Gasteiger partial charge < -0.3 is 10.4 Å². The van der Waals surface area contributed by atoms with E-state index in [4.69, 9.17) is 11.6 Å². The van der Waals surface area contributed by atoms with Gasteiger partial charge in [0.15, 0.2) is 0 Å². The number of halogens is 1. The van der Waals surface area contributed by atoms with Crippen LogP contribution in [-0.4, -0.2) is 22.6 Å². The molecular formula is C25H25ClN2O3. The van der Waals surface area contributed by atoms with E-state index in [-0.39, 0.29) is 5.91 Å². The number of amides is 2. The molecule has 0 aliphatic heterocycles. The van der Waals surface area contributed by atoms with Gasteiger partial charge in [0.25, 0.3) is 5.91 Å². The van der Waals surface area contributed by atoms with Crippen molar-refractivity contribution in [3.63, 3.8) is 0 Å². The fourth-order valence-electron chi connectivity index (χ4n) is 3.33. The topological polar surface area (TPSA) is 69.6 Å². The maximum Gasteiger partial charge on any atom is 0.412 e. The standard InChI is InChI=1S/C25H25ClN2O3/c1-25(2,3)28(24(30)31)22-14-13-20(18-7-5-4-6-8-18)15-21(22)27-23(29)19-11-9-17(16-26)10-12-19/h4-15H,16H2,1-3H3,(H,27,29)(H,30,31). The Morgan fingerprint density at radius 2 is 1.58 bits per heavy atom. The summed E-state index contributed by atoms with van der Waals surface area (Å²) in [5.74, 6) is 0.0384. The molecule has 0 saturated heterocycles.